The molecule has 2 aromatic rings. The molecule has 1 aromatic heterocycles. The van der Waals surface area contributed by atoms with Gasteiger partial charge in [-0.05, 0) is 68.5 Å². The fraction of sp³-hybridized carbons (Fsp3) is 0.500. The van der Waals surface area contributed by atoms with Gasteiger partial charge in [0.15, 0.2) is 0 Å². The van der Waals surface area contributed by atoms with Crippen molar-refractivity contribution < 1.29 is 9.53 Å². The van der Waals surface area contributed by atoms with Gasteiger partial charge < -0.3 is 9.64 Å². The lowest BCUT2D eigenvalue weighted by Gasteiger charge is -2.35. The fourth-order valence-corrected chi connectivity index (χ4v) is 3.56. The summed E-state index contributed by atoms with van der Waals surface area (Å²) in [7, 11) is 0. The molecule has 0 spiro atoms. The maximum absolute atomic E-state index is 12.2. The smallest absolute Gasteiger partial charge is 0.410 e. The highest BCUT2D eigenvalue weighted by Crippen LogP contribution is 2.24. The number of carbonyl (C=O) groups is 1. The van der Waals surface area contributed by atoms with Crippen LogP contribution in [0, 0.1) is 6.92 Å². The number of hydrogen-bond donors (Lipinski definition) is 0. The molecule has 5 nitrogen and oxygen atoms in total. The number of carbonyl (C=O) groups excluding carboxylic acids is 1. The Labute approximate surface area is 174 Å². The van der Waals surface area contributed by atoms with E-state index in [0.717, 1.165) is 31.7 Å². The first-order chi connectivity index (χ1) is 13.7. The number of ether oxygens (including phenoxy) is 1. The van der Waals surface area contributed by atoms with Crippen molar-refractivity contribution >= 4 is 6.09 Å². The van der Waals surface area contributed by atoms with E-state index in [0.29, 0.717) is 13.1 Å². The highest BCUT2D eigenvalue weighted by Gasteiger charge is 2.25. The third kappa shape index (κ3) is 5.80. The predicted molar refractivity (Wildman–Crippen MR) is 117 cm³/mol. The maximum atomic E-state index is 12.2. The van der Waals surface area contributed by atoms with Crippen molar-refractivity contribution in [1.29, 1.82) is 0 Å². The van der Waals surface area contributed by atoms with Crippen LogP contribution in [0.2, 0.25) is 0 Å². The topological polar surface area (TPSA) is 45.7 Å². The van der Waals surface area contributed by atoms with E-state index in [4.69, 9.17) is 4.74 Å². The van der Waals surface area contributed by atoms with Gasteiger partial charge in [0.2, 0.25) is 0 Å². The van der Waals surface area contributed by atoms with Crippen LogP contribution in [0.25, 0.3) is 11.1 Å². The van der Waals surface area contributed by atoms with Gasteiger partial charge in [0, 0.05) is 44.6 Å². The lowest BCUT2D eigenvalue weighted by molar-refractivity contribution is 0.0139. The Kier molecular flexibility index (Phi) is 6.58. The first-order valence-corrected chi connectivity index (χ1v) is 10.5. The second kappa shape index (κ2) is 8.95. The van der Waals surface area contributed by atoms with Crippen LogP contribution in [0.3, 0.4) is 0 Å². The van der Waals surface area contributed by atoms with Gasteiger partial charge in [-0.25, -0.2) is 4.79 Å². The summed E-state index contributed by atoms with van der Waals surface area (Å²) in [6, 6.07) is 10.9. The van der Waals surface area contributed by atoms with Gasteiger partial charge in [0.25, 0.3) is 0 Å². The van der Waals surface area contributed by atoms with E-state index in [1.165, 1.54) is 22.3 Å². The number of amides is 1. The minimum Gasteiger partial charge on any atom is -0.444 e. The first-order valence-electron chi connectivity index (χ1n) is 10.5. The molecule has 2 heterocycles. The third-order valence-corrected chi connectivity index (χ3v) is 5.27. The van der Waals surface area contributed by atoms with E-state index in [1.807, 2.05) is 31.9 Å². The summed E-state index contributed by atoms with van der Waals surface area (Å²) >= 11 is 0. The van der Waals surface area contributed by atoms with Gasteiger partial charge in [0.05, 0.1) is 0 Å². The Hall–Kier alpha value is -2.40. The lowest BCUT2D eigenvalue weighted by atomic mass is 9.99. The van der Waals surface area contributed by atoms with Crippen LogP contribution in [0.4, 0.5) is 4.79 Å². The molecule has 0 aliphatic carbocycles. The number of piperazine rings is 1. The summed E-state index contributed by atoms with van der Waals surface area (Å²) < 4.78 is 5.49. The van der Waals surface area contributed by atoms with Crippen LogP contribution < -0.4 is 0 Å². The molecular formula is C24H33N3O2. The van der Waals surface area contributed by atoms with Crippen molar-refractivity contribution in [3.05, 3.63) is 53.3 Å². The van der Waals surface area contributed by atoms with Gasteiger partial charge in [0.1, 0.15) is 5.60 Å². The molecule has 5 heteroatoms. The zero-order valence-corrected chi connectivity index (χ0v) is 18.4. The van der Waals surface area contributed by atoms with Crippen molar-refractivity contribution in [3.8, 4) is 11.1 Å². The van der Waals surface area contributed by atoms with Crippen molar-refractivity contribution in [2.24, 2.45) is 0 Å². The number of rotatable bonds is 4. The second-order valence-electron chi connectivity index (χ2n) is 8.77. The zero-order valence-electron chi connectivity index (χ0n) is 18.4. The Balaban J connectivity index is 1.59. The summed E-state index contributed by atoms with van der Waals surface area (Å²) in [4.78, 5) is 20.8. The average molecular weight is 396 g/mol. The summed E-state index contributed by atoms with van der Waals surface area (Å²) in [6.45, 7) is 14.1. The standard InChI is InChI=1S/C24H33N3O2/c1-6-22-16-20(9-10-25-22)19-7-8-21(18(2)15-19)17-26-11-13-27(14-12-26)23(28)29-24(3,4)5/h7-10,15-16H,6,11-14,17H2,1-5H3. The molecule has 0 atom stereocenters. The SMILES string of the molecule is CCc1cc(-c2ccc(CN3CCN(C(=O)OC(C)(C)C)CC3)c(C)c2)ccn1. The number of benzene rings is 1. The van der Waals surface area contributed by atoms with Crippen molar-refractivity contribution in [2.45, 2.75) is 53.2 Å². The van der Waals surface area contributed by atoms with Crippen LogP contribution in [-0.2, 0) is 17.7 Å². The van der Waals surface area contributed by atoms with E-state index in [2.05, 4.69) is 54.1 Å². The van der Waals surface area contributed by atoms with Gasteiger partial charge in [-0.3, -0.25) is 9.88 Å². The first kappa shape index (κ1) is 21.3. The Morgan fingerprint density at radius 1 is 1.07 bits per heavy atom. The molecule has 0 N–H and O–H groups in total. The number of pyridine rings is 1. The zero-order chi connectivity index (χ0) is 21.0. The van der Waals surface area contributed by atoms with Crippen molar-refractivity contribution in [3.63, 3.8) is 0 Å². The highest BCUT2D eigenvalue weighted by molar-refractivity contribution is 5.68. The molecule has 156 valence electrons. The molecule has 1 amide bonds. The molecule has 1 aliphatic rings. The van der Waals surface area contributed by atoms with E-state index in [1.54, 1.807) is 0 Å². The molecule has 0 saturated carbocycles. The van der Waals surface area contributed by atoms with Crippen LogP contribution in [0.1, 0.15) is 44.5 Å². The summed E-state index contributed by atoms with van der Waals surface area (Å²) in [5.74, 6) is 0. The summed E-state index contributed by atoms with van der Waals surface area (Å²) in [5.41, 5.74) is 5.76. The van der Waals surface area contributed by atoms with Gasteiger partial charge >= 0.3 is 6.09 Å². The molecule has 3 rings (SSSR count). The van der Waals surface area contributed by atoms with Gasteiger partial charge in [-0.2, -0.15) is 0 Å². The summed E-state index contributed by atoms with van der Waals surface area (Å²) in [5, 5.41) is 0. The predicted octanol–water partition coefficient (Wildman–Crippen LogP) is 4.67. The number of nitrogens with zero attached hydrogens (tertiary/aromatic N) is 3. The number of aryl methyl sites for hydroxylation is 2. The molecule has 1 aliphatic heterocycles. The highest BCUT2D eigenvalue weighted by atomic mass is 16.6. The maximum Gasteiger partial charge on any atom is 0.410 e. The molecule has 29 heavy (non-hydrogen) atoms. The van der Waals surface area contributed by atoms with E-state index < -0.39 is 5.60 Å². The number of hydrogen-bond acceptors (Lipinski definition) is 4. The lowest BCUT2D eigenvalue weighted by Crippen LogP contribution is -2.49. The van der Waals surface area contributed by atoms with Crippen LogP contribution in [0.5, 0.6) is 0 Å². The number of aromatic nitrogens is 1. The molecule has 1 fully saturated rings. The van der Waals surface area contributed by atoms with Crippen LogP contribution >= 0.6 is 0 Å². The summed E-state index contributed by atoms with van der Waals surface area (Å²) in [6.07, 6.45) is 2.63. The Morgan fingerprint density at radius 2 is 1.76 bits per heavy atom. The van der Waals surface area contributed by atoms with Crippen LogP contribution in [0.15, 0.2) is 36.5 Å². The van der Waals surface area contributed by atoms with Crippen molar-refractivity contribution in [2.75, 3.05) is 26.2 Å². The molecule has 0 unspecified atom stereocenters. The average Bonchev–Trinajstić information content (AvgIpc) is 2.69. The van der Waals surface area contributed by atoms with E-state index in [-0.39, 0.29) is 6.09 Å². The Bertz CT molecular complexity index is 849. The third-order valence-electron chi connectivity index (χ3n) is 5.27. The monoisotopic (exact) mass is 395 g/mol. The molecule has 0 bridgehead atoms. The quantitative estimate of drug-likeness (QED) is 0.755. The minimum absolute atomic E-state index is 0.207. The van der Waals surface area contributed by atoms with E-state index in [9.17, 15) is 4.79 Å². The Morgan fingerprint density at radius 3 is 2.38 bits per heavy atom. The minimum atomic E-state index is -0.445. The fourth-order valence-electron chi connectivity index (χ4n) is 3.56. The molecule has 0 radical (unpaired) electrons. The van der Waals surface area contributed by atoms with Gasteiger partial charge in [-0.15, -0.1) is 0 Å². The van der Waals surface area contributed by atoms with Crippen molar-refractivity contribution in [1.82, 2.24) is 14.8 Å². The second-order valence-corrected chi connectivity index (χ2v) is 8.77. The van der Waals surface area contributed by atoms with Gasteiger partial charge in [-0.1, -0.05) is 25.1 Å². The molecule has 1 aromatic carbocycles. The van der Waals surface area contributed by atoms with Crippen LogP contribution in [-0.4, -0.2) is 52.7 Å². The normalized spacial score (nSPS) is 15.4. The molecule has 1 saturated heterocycles. The van der Waals surface area contributed by atoms with E-state index >= 15 is 0 Å². The largest absolute Gasteiger partial charge is 0.444 e. The molecular weight excluding hydrogens is 362 g/mol.